The van der Waals surface area contributed by atoms with Crippen molar-refractivity contribution in [2.24, 2.45) is 5.73 Å². The molecule has 0 aromatic carbocycles. The van der Waals surface area contributed by atoms with Crippen LogP contribution in [0.2, 0.25) is 6.32 Å². The molecule has 0 radical (unpaired) electrons. The van der Waals surface area contributed by atoms with Crippen LogP contribution in [0.1, 0.15) is 38.5 Å². The van der Waals surface area contributed by atoms with Gasteiger partial charge in [0.25, 0.3) is 0 Å². The molecule has 0 aromatic rings. The van der Waals surface area contributed by atoms with Crippen LogP contribution >= 0.6 is 0 Å². The number of unbranched alkanes of at least 4 members (excludes halogenated alkanes) is 1. The second-order valence-corrected chi connectivity index (χ2v) is 6.32. The summed E-state index contributed by atoms with van der Waals surface area (Å²) >= 11 is 0. The lowest BCUT2D eigenvalue weighted by molar-refractivity contribution is -0.191. The van der Waals surface area contributed by atoms with Gasteiger partial charge in [0.05, 0.1) is 6.04 Å². The highest BCUT2D eigenvalue weighted by atomic mass is 16.4. The van der Waals surface area contributed by atoms with Crippen LogP contribution in [0, 0.1) is 0 Å². The van der Waals surface area contributed by atoms with E-state index in [4.69, 9.17) is 25.4 Å². The number of nitrogens with two attached hydrogens (primary N) is 1. The van der Waals surface area contributed by atoms with E-state index < -0.39 is 7.12 Å². The lowest BCUT2D eigenvalue weighted by Crippen LogP contribution is -2.44. The fraction of sp³-hybridized carbons (Fsp3) is 0.867. The van der Waals surface area contributed by atoms with Gasteiger partial charge < -0.3 is 20.7 Å². The first-order valence-corrected chi connectivity index (χ1v) is 8.39. The number of rotatable bonds is 9. The highest BCUT2D eigenvalue weighted by molar-refractivity contribution is 6.40. The maximum Gasteiger partial charge on any atom is 0.451 e. The molecule has 1 unspecified atom stereocenters. The molecular weight excluding hydrogens is 313 g/mol. The Morgan fingerprint density at radius 3 is 2.50 bits per heavy atom. The van der Waals surface area contributed by atoms with E-state index in [1.54, 1.807) is 19.0 Å². The molecule has 24 heavy (non-hydrogen) atoms. The molecule has 0 bridgehead atoms. The number of likely N-dealkylation sites (tertiary alicyclic amines) is 1. The largest absolute Gasteiger partial charge is 0.451 e. The Bertz CT molecular complexity index is 389. The standard InChI is InChI=1S/C14H30BN3O3.CO2/c1-17(2)14(19)13-7-5-10-18(13)11-8-12(16)6-3-4-9-15(20)21;2-1-3/h12-13,20-21H,3-11,16H2,1-2H3;/t12?,13-;/m0./s1. The van der Waals surface area contributed by atoms with Crippen LogP contribution in [-0.4, -0.2) is 78.3 Å². The van der Waals surface area contributed by atoms with E-state index in [0.717, 1.165) is 51.6 Å². The van der Waals surface area contributed by atoms with Crippen molar-refractivity contribution >= 4 is 19.2 Å². The molecular formula is C15H30BN3O5. The monoisotopic (exact) mass is 343 g/mol. The molecule has 1 saturated heterocycles. The summed E-state index contributed by atoms with van der Waals surface area (Å²) in [7, 11) is 2.41. The molecule has 1 aliphatic rings. The summed E-state index contributed by atoms with van der Waals surface area (Å²) in [5.41, 5.74) is 6.10. The van der Waals surface area contributed by atoms with Crippen LogP contribution in [0.25, 0.3) is 0 Å². The van der Waals surface area contributed by atoms with Crippen LogP contribution in [0.5, 0.6) is 0 Å². The molecule has 138 valence electrons. The third-order valence-corrected chi connectivity index (χ3v) is 4.16. The predicted molar refractivity (Wildman–Crippen MR) is 89.7 cm³/mol. The van der Waals surface area contributed by atoms with Gasteiger partial charge in [-0.25, -0.2) is 0 Å². The Morgan fingerprint density at radius 1 is 1.33 bits per heavy atom. The van der Waals surface area contributed by atoms with Gasteiger partial charge >= 0.3 is 13.3 Å². The van der Waals surface area contributed by atoms with Crippen LogP contribution in [0.3, 0.4) is 0 Å². The quantitative estimate of drug-likeness (QED) is 0.374. The fourth-order valence-electron chi connectivity index (χ4n) is 2.88. The molecule has 1 amide bonds. The highest BCUT2D eigenvalue weighted by Gasteiger charge is 2.31. The summed E-state index contributed by atoms with van der Waals surface area (Å²) in [6.07, 6.45) is 6.17. The number of hydrogen-bond donors (Lipinski definition) is 3. The normalized spacial score (nSPS) is 18.3. The SMILES string of the molecule is CN(C)C(=O)[C@@H]1CCCN1CCC(N)CCCCB(O)O.O=C=O. The third-order valence-electron chi connectivity index (χ3n) is 4.16. The summed E-state index contributed by atoms with van der Waals surface area (Å²) < 4.78 is 0. The van der Waals surface area contributed by atoms with Crippen molar-refractivity contribution in [1.82, 2.24) is 9.80 Å². The van der Waals surface area contributed by atoms with E-state index in [0.29, 0.717) is 6.32 Å². The minimum atomic E-state index is -1.20. The topological polar surface area (TPSA) is 124 Å². The number of amides is 1. The number of likely N-dealkylation sites (N-methyl/N-ethyl adjacent to an activating group) is 1. The highest BCUT2D eigenvalue weighted by Crippen LogP contribution is 2.19. The van der Waals surface area contributed by atoms with Crippen molar-refractivity contribution in [3.8, 4) is 0 Å². The second kappa shape index (κ2) is 13.1. The van der Waals surface area contributed by atoms with E-state index in [1.165, 1.54) is 0 Å². The van der Waals surface area contributed by atoms with Gasteiger partial charge in [-0.05, 0) is 38.5 Å². The van der Waals surface area contributed by atoms with Gasteiger partial charge in [0.1, 0.15) is 0 Å². The molecule has 4 N–H and O–H groups in total. The van der Waals surface area contributed by atoms with Gasteiger partial charge in [-0.3, -0.25) is 9.69 Å². The minimum absolute atomic E-state index is 0.0248. The first-order valence-electron chi connectivity index (χ1n) is 8.39. The molecule has 1 heterocycles. The second-order valence-electron chi connectivity index (χ2n) is 6.32. The van der Waals surface area contributed by atoms with Gasteiger partial charge in [-0.2, -0.15) is 9.59 Å². The number of carbonyl (C=O) groups is 1. The Labute approximate surface area is 144 Å². The molecule has 2 atom stereocenters. The Kier molecular flexibility index (Phi) is 12.4. The zero-order chi connectivity index (χ0) is 18.5. The number of hydrogen-bond acceptors (Lipinski definition) is 7. The minimum Gasteiger partial charge on any atom is -0.427 e. The summed E-state index contributed by atoms with van der Waals surface area (Å²) in [5.74, 6) is 0.193. The Morgan fingerprint density at radius 2 is 1.96 bits per heavy atom. The molecule has 0 aliphatic carbocycles. The molecule has 0 spiro atoms. The average Bonchev–Trinajstić information content (AvgIpc) is 2.97. The molecule has 8 nitrogen and oxygen atoms in total. The summed E-state index contributed by atoms with van der Waals surface area (Å²) in [6.45, 7) is 1.85. The van der Waals surface area contributed by atoms with Crippen molar-refractivity contribution in [2.45, 2.75) is 56.9 Å². The number of nitrogens with zero attached hydrogens (tertiary/aromatic N) is 2. The summed E-state index contributed by atoms with van der Waals surface area (Å²) in [5, 5.41) is 17.5. The molecule has 9 heteroatoms. The smallest absolute Gasteiger partial charge is 0.427 e. The first kappa shape index (κ1) is 22.8. The van der Waals surface area contributed by atoms with E-state index in [1.807, 2.05) is 0 Å². The summed E-state index contributed by atoms with van der Waals surface area (Å²) in [6, 6.07) is 0.147. The van der Waals surface area contributed by atoms with Gasteiger partial charge in [0.2, 0.25) is 5.91 Å². The van der Waals surface area contributed by atoms with E-state index in [-0.39, 0.29) is 24.1 Å². The molecule has 1 rings (SSSR count). The van der Waals surface area contributed by atoms with Gasteiger partial charge in [0, 0.05) is 26.7 Å². The first-order chi connectivity index (χ1) is 11.3. The molecule has 1 fully saturated rings. The molecule has 0 saturated carbocycles. The van der Waals surface area contributed by atoms with E-state index in [9.17, 15) is 4.79 Å². The van der Waals surface area contributed by atoms with Crippen molar-refractivity contribution in [3.05, 3.63) is 0 Å². The average molecular weight is 343 g/mol. The van der Waals surface area contributed by atoms with E-state index in [2.05, 4.69) is 4.90 Å². The van der Waals surface area contributed by atoms with Crippen molar-refractivity contribution < 1.29 is 24.4 Å². The van der Waals surface area contributed by atoms with E-state index >= 15 is 0 Å². The Hall–Kier alpha value is -1.25. The Balaban J connectivity index is 0.00000163. The van der Waals surface area contributed by atoms with Crippen LogP contribution in [0.4, 0.5) is 0 Å². The molecule has 1 aliphatic heterocycles. The molecule has 0 aromatic heterocycles. The van der Waals surface area contributed by atoms with Gasteiger partial charge in [-0.15, -0.1) is 0 Å². The van der Waals surface area contributed by atoms with Crippen LogP contribution in [0.15, 0.2) is 0 Å². The van der Waals surface area contributed by atoms with Crippen molar-refractivity contribution in [3.63, 3.8) is 0 Å². The van der Waals surface area contributed by atoms with Crippen LogP contribution < -0.4 is 5.73 Å². The van der Waals surface area contributed by atoms with Gasteiger partial charge in [-0.1, -0.05) is 12.8 Å². The van der Waals surface area contributed by atoms with Crippen LogP contribution in [-0.2, 0) is 14.4 Å². The maximum absolute atomic E-state index is 12.1. The van der Waals surface area contributed by atoms with Gasteiger partial charge in [0.15, 0.2) is 0 Å². The lowest BCUT2D eigenvalue weighted by Gasteiger charge is -2.27. The summed E-state index contributed by atoms with van der Waals surface area (Å²) in [4.78, 5) is 32.2. The zero-order valence-electron chi connectivity index (χ0n) is 14.7. The predicted octanol–water partition coefficient (Wildman–Crippen LogP) is -0.684. The zero-order valence-corrected chi connectivity index (χ0v) is 14.7. The number of carbonyl (C=O) groups excluding carboxylic acids is 3. The third kappa shape index (κ3) is 9.80. The van der Waals surface area contributed by atoms with Crippen molar-refractivity contribution in [2.75, 3.05) is 27.2 Å². The van der Waals surface area contributed by atoms with Crippen molar-refractivity contribution in [1.29, 1.82) is 0 Å². The fourth-order valence-corrected chi connectivity index (χ4v) is 2.88. The lowest BCUT2D eigenvalue weighted by atomic mass is 9.83. The maximum atomic E-state index is 12.1.